The summed E-state index contributed by atoms with van der Waals surface area (Å²) in [6, 6.07) is 0. The number of hydrogen-bond acceptors (Lipinski definition) is 4. The molecule has 0 aromatic carbocycles. The van der Waals surface area contributed by atoms with Crippen LogP contribution < -0.4 is 10.6 Å². The van der Waals surface area contributed by atoms with Gasteiger partial charge >= 0.3 is 0 Å². The minimum Gasteiger partial charge on any atom is -0.395 e. The van der Waals surface area contributed by atoms with Crippen LogP contribution in [0.15, 0.2) is 11.9 Å². The van der Waals surface area contributed by atoms with E-state index in [-0.39, 0.29) is 12.4 Å². The van der Waals surface area contributed by atoms with Gasteiger partial charge in [-0.15, -0.1) is 0 Å². The Hall–Kier alpha value is -1.03. The molecule has 4 nitrogen and oxygen atoms in total. The van der Waals surface area contributed by atoms with E-state index in [9.17, 15) is 4.79 Å². The zero-order valence-electron chi connectivity index (χ0n) is 8.05. The van der Waals surface area contributed by atoms with Crippen molar-refractivity contribution in [1.29, 1.82) is 0 Å². The fraction of sp³-hybridized carbons (Fsp3) is 0.667. The molecule has 0 aliphatic carbocycles. The number of allylic oxidation sites excluding steroid dienone is 1. The summed E-state index contributed by atoms with van der Waals surface area (Å²) in [4.78, 5) is 11.5. The predicted octanol–water partition coefficient (Wildman–Crippen LogP) is -0.392. The highest BCUT2D eigenvalue weighted by Crippen LogP contribution is 2.16. The van der Waals surface area contributed by atoms with Gasteiger partial charge < -0.3 is 15.7 Å². The van der Waals surface area contributed by atoms with E-state index in [1.165, 1.54) is 6.08 Å². The van der Waals surface area contributed by atoms with Gasteiger partial charge in [-0.3, -0.25) is 4.79 Å². The van der Waals surface area contributed by atoms with Crippen molar-refractivity contribution in [3.05, 3.63) is 11.9 Å². The summed E-state index contributed by atoms with van der Waals surface area (Å²) in [6.07, 6.45) is 1.52. The Labute approximate surface area is 78.0 Å². The molecular weight excluding hydrogens is 168 g/mol. The molecule has 0 radical (unpaired) electrons. The van der Waals surface area contributed by atoms with Gasteiger partial charge in [0.25, 0.3) is 0 Å². The number of aliphatic hydroxyl groups is 1. The van der Waals surface area contributed by atoms with E-state index in [0.717, 1.165) is 18.9 Å². The predicted molar refractivity (Wildman–Crippen MR) is 50.0 cm³/mol. The summed E-state index contributed by atoms with van der Waals surface area (Å²) in [6.45, 7) is 5.01. The molecule has 4 heteroatoms. The van der Waals surface area contributed by atoms with Crippen molar-refractivity contribution in [3.63, 3.8) is 0 Å². The molecule has 13 heavy (non-hydrogen) atoms. The first kappa shape index (κ1) is 10.1. The second-order valence-corrected chi connectivity index (χ2v) is 3.82. The fourth-order valence-corrected chi connectivity index (χ4v) is 0.963. The molecule has 0 spiro atoms. The van der Waals surface area contributed by atoms with E-state index < -0.39 is 5.41 Å². The Kier molecular flexibility index (Phi) is 2.93. The Morgan fingerprint density at radius 1 is 1.54 bits per heavy atom. The standard InChI is InChI=1S/C9H16N2O2/c1-9(2,6-12)7(13)5-8-10-3-4-11-8/h5,10-12H,3-4,6H2,1-2H3. The molecule has 1 fully saturated rings. The first-order valence-corrected chi connectivity index (χ1v) is 4.41. The van der Waals surface area contributed by atoms with Gasteiger partial charge in [-0.25, -0.2) is 0 Å². The van der Waals surface area contributed by atoms with Gasteiger partial charge in [-0.1, -0.05) is 13.8 Å². The molecule has 0 amide bonds. The first-order chi connectivity index (χ1) is 6.06. The maximum absolute atomic E-state index is 11.5. The topological polar surface area (TPSA) is 61.4 Å². The summed E-state index contributed by atoms with van der Waals surface area (Å²) < 4.78 is 0. The largest absolute Gasteiger partial charge is 0.395 e. The number of aliphatic hydroxyl groups excluding tert-OH is 1. The lowest BCUT2D eigenvalue weighted by Crippen LogP contribution is -2.28. The molecule has 1 heterocycles. The maximum atomic E-state index is 11.5. The molecule has 0 bridgehead atoms. The number of carbonyl (C=O) groups excluding carboxylic acids is 1. The molecule has 3 N–H and O–H groups in total. The van der Waals surface area contributed by atoms with Crippen LogP contribution in [0.3, 0.4) is 0 Å². The maximum Gasteiger partial charge on any atom is 0.167 e. The molecule has 0 atom stereocenters. The van der Waals surface area contributed by atoms with Crippen LogP contribution in [0.5, 0.6) is 0 Å². The van der Waals surface area contributed by atoms with Gasteiger partial charge in [0, 0.05) is 19.2 Å². The van der Waals surface area contributed by atoms with Crippen LogP contribution in [0, 0.1) is 5.41 Å². The van der Waals surface area contributed by atoms with Crippen LogP contribution in [0.2, 0.25) is 0 Å². The van der Waals surface area contributed by atoms with Crippen molar-refractivity contribution in [2.45, 2.75) is 13.8 Å². The van der Waals surface area contributed by atoms with E-state index in [1.54, 1.807) is 13.8 Å². The fourth-order valence-electron chi connectivity index (χ4n) is 0.963. The highest BCUT2D eigenvalue weighted by Gasteiger charge is 2.25. The first-order valence-electron chi connectivity index (χ1n) is 4.41. The molecule has 1 rings (SSSR count). The molecule has 1 aliphatic heterocycles. The lowest BCUT2D eigenvalue weighted by atomic mass is 9.89. The molecule has 1 saturated heterocycles. The van der Waals surface area contributed by atoms with E-state index in [1.807, 2.05) is 0 Å². The van der Waals surface area contributed by atoms with Crippen LogP contribution in [0.25, 0.3) is 0 Å². The van der Waals surface area contributed by atoms with Crippen molar-refractivity contribution in [1.82, 2.24) is 10.6 Å². The second-order valence-electron chi connectivity index (χ2n) is 3.82. The normalized spacial score (nSPS) is 16.4. The highest BCUT2D eigenvalue weighted by molar-refractivity contribution is 5.94. The molecular formula is C9H16N2O2. The van der Waals surface area contributed by atoms with Crippen LogP contribution in [-0.2, 0) is 4.79 Å². The number of carbonyl (C=O) groups is 1. The average molecular weight is 184 g/mol. The van der Waals surface area contributed by atoms with Crippen molar-refractivity contribution in [2.24, 2.45) is 5.41 Å². The summed E-state index contributed by atoms with van der Waals surface area (Å²) in [5, 5.41) is 15.0. The van der Waals surface area contributed by atoms with E-state index >= 15 is 0 Å². The van der Waals surface area contributed by atoms with Crippen LogP contribution in [0.1, 0.15) is 13.8 Å². The van der Waals surface area contributed by atoms with Crippen LogP contribution in [0.4, 0.5) is 0 Å². The molecule has 0 unspecified atom stereocenters. The van der Waals surface area contributed by atoms with Gasteiger partial charge in [0.05, 0.1) is 12.0 Å². The minimum atomic E-state index is -0.682. The molecule has 0 aromatic heterocycles. The minimum absolute atomic E-state index is 0.0631. The average Bonchev–Trinajstić information content (AvgIpc) is 2.57. The zero-order chi connectivity index (χ0) is 9.90. The zero-order valence-corrected chi connectivity index (χ0v) is 8.05. The smallest absolute Gasteiger partial charge is 0.167 e. The van der Waals surface area contributed by atoms with Crippen LogP contribution in [-0.4, -0.2) is 30.6 Å². The van der Waals surface area contributed by atoms with Crippen molar-refractivity contribution >= 4 is 5.78 Å². The number of nitrogens with one attached hydrogen (secondary N) is 2. The summed E-state index contributed by atoms with van der Waals surface area (Å²) >= 11 is 0. The summed E-state index contributed by atoms with van der Waals surface area (Å²) in [5.74, 6) is 0.693. The van der Waals surface area contributed by atoms with E-state index in [2.05, 4.69) is 10.6 Å². The highest BCUT2D eigenvalue weighted by atomic mass is 16.3. The van der Waals surface area contributed by atoms with Gasteiger partial charge in [-0.05, 0) is 0 Å². The van der Waals surface area contributed by atoms with Crippen molar-refractivity contribution in [3.8, 4) is 0 Å². The third kappa shape index (κ3) is 2.45. The van der Waals surface area contributed by atoms with Gasteiger partial charge in [0.2, 0.25) is 0 Å². The Morgan fingerprint density at radius 3 is 2.54 bits per heavy atom. The Balaban J connectivity index is 2.62. The number of ketones is 1. The molecule has 0 aromatic rings. The van der Waals surface area contributed by atoms with E-state index in [0.29, 0.717) is 0 Å². The Morgan fingerprint density at radius 2 is 2.08 bits per heavy atom. The third-order valence-corrected chi connectivity index (χ3v) is 2.09. The number of rotatable bonds is 3. The Bertz CT molecular complexity index is 226. The van der Waals surface area contributed by atoms with Crippen molar-refractivity contribution < 1.29 is 9.90 Å². The second kappa shape index (κ2) is 3.79. The lowest BCUT2D eigenvalue weighted by Gasteiger charge is -2.17. The third-order valence-electron chi connectivity index (χ3n) is 2.09. The van der Waals surface area contributed by atoms with Gasteiger partial charge in [-0.2, -0.15) is 0 Å². The monoisotopic (exact) mass is 184 g/mol. The molecule has 0 saturated carbocycles. The quantitative estimate of drug-likeness (QED) is 0.523. The summed E-state index contributed by atoms with van der Waals surface area (Å²) in [7, 11) is 0. The van der Waals surface area contributed by atoms with E-state index in [4.69, 9.17) is 5.11 Å². The number of hydrogen-bond donors (Lipinski definition) is 3. The SMILES string of the molecule is CC(C)(CO)C(=O)C=C1NCCN1. The lowest BCUT2D eigenvalue weighted by molar-refractivity contribution is -0.124. The van der Waals surface area contributed by atoms with Crippen molar-refractivity contribution in [2.75, 3.05) is 19.7 Å². The summed E-state index contributed by atoms with van der Waals surface area (Å²) in [5.41, 5.74) is -0.682. The van der Waals surface area contributed by atoms with Gasteiger partial charge in [0.15, 0.2) is 5.78 Å². The van der Waals surface area contributed by atoms with Crippen LogP contribution >= 0.6 is 0 Å². The van der Waals surface area contributed by atoms with Gasteiger partial charge in [0.1, 0.15) is 5.82 Å². The molecule has 1 aliphatic rings. The molecule has 74 valence electrons.